The normalized spacial score (nSPS) is 15.4. The average Bonchev–Trinajstić information content (AvgIpc) is 2.81. The average molecular weight is 241 g/mol. The van der Waals surface area contributed by atoms with Crippen molar-refractivity contribution in [3.63, 3.8) is 0 Å². The highest BCUT2D eigenvalue weighted by molar-refractivity contribution is 6.17. The monoisotopic (exact) mass is 240 g/mol. The summed E-state index contributed by atoms with van der Waals surface area (Å²) in [6, 6.07) is 5.23. The minimum atomic E-state index is -0.330. The van der Waals surface area contributed by atoms with Crippen molar-refractivity contribution in [2.24, 2.45) is 0 Å². The quantitative estimate of drug-likeness (QED) is 0.464. The van der Waals surface area contributed by atoms with Crippen molar-refractivity contribution in [1.29, 1.82) is 0 Å². The minimum Gasteiger partial charge on any atom is -0.366 e. The Hall–Kier alpha value is -1.29. The zero-order valence-electron chi connectivity index (χ0n) is 8.86. The van der Waals surface area contributed by atoms with Crippen molar-refractivity contribution in [2.75, 3.05) is 18.0 Å². The van der Waals surface area contributed by atoms with E-state index in [4.69, 9.17) is 11.6 Å². The number of halogens is 1. The number of alkyl halides is 1. The summed E-state index contributed by atoms with van der Waals surface area (Å²) in [6.07, 6.45) is 2.21. The fourth-order valence-electron chi connectivity index (χ4n) is 2.02. The Balaban J connectivity index is 2.39. The Kier molecular flexibility index (Phi) is 3.29. The zero-order chi connectivity index (χ0) is 11.5. The highest BCUT2D eigenvalue weighted by atomic mass is 35.5. The predicted octanol–water partition coefficient (Wildman–Crippen LogP) is 2.93. The summed E-state index contributed by atoms with van der Waals surface area (Å²) in [5.41, 5.74) is 1.67. The van der Waals surface area contributed by atoms with Gasteiger partial charge in [0.1, 0.15) is 5.69 Å². The van der Waals surface area contributed by atoms with Crippen LogP contribution < -0.4 is 4.90 Å². The number of nitro benzene ring substituents is 1. The third-order valence-electron chi connectivity index (χ3n) is 2.84. The standard InChI is InChI=1S/C11H13ClN2O2/c12-8-9-3-4-10(11(7-9)14(15)16)13-5-1-2-6-13/h3-4,7H,1-2,5-6,8H2. The molecule has 5 heteroatoms. The van der Waals surface area contributed by atoms with Gasteiger partial charge in [0.15, 0.2) is 0 Å². The van der Waals surface area contributed by atoms with Crippen LogP contribution in [0.2, 0.25) is 0 Å². The van der Waals surface area contributed by atoms with Crippen LogP contribution in [-0.4, -0.2) is 18.0 Å². The molecule has 0 spiro atoms. The fourth-order valence-corrected chi connectivity index (χ4v) is 2.19. The maximum absolute atomic E-state index is 11.0. The second-order valence-electron chi connectivity index (χ2n) is 3.91. The molecule has 0 bridgehead atoms. The number of hydrogen-bond acceptors (Lipinski definition) is 3. The first-order chi connectivity index (χ1) is 7.72. The van der Waals surface area contributed by atoms with Crippen LogP contribution in [0.15, 0.2) is 18.2 Å². The molecular weight excluding hydrogens is 228 g/mol. The molecule has 1 saturated heterocycles. The van der Waals surface area contributed by atoms with Crippen molar-refractivity contribution in [1.82, 2.24) is 0 Å². The second-order valence-corrected chi connectivity index (χ2v) is 4.18. The van der Waals surface area contributed by atoms with Gasteiger partial charge >= 0.3 is 0 Å². The summed E-state index contributed by atoms with van der Waals surface area (Å²) in [5, 5.41) is 11.0. The molecule has 0 aromatic heterocycles. The summed E-state index contributed by atoms with van der Waals surface area (Å²) in [5.74, 6) is 0.307. The Morgan fingerprint density at radius 1 is 1.38 bits per heavy atom. The first kappa shape index (κ1) is 11.2. The number of rotatable bonds is 3. The largest absolute Gasteiger partial charge is 0.366 e. The van der Waals surface area contributed by atoms with Crippen molar-refractivity contribution >= 4 is 23.0 Å². The third-order valence-corrected chi connectivity index (χ3v) is 3.15. The van der Waals surface area contributed by atoms with E-state index in [1.165, 1.54) is 0 Å². The molecule has 0 amide bonds. The molecule has 1 aliphatic heterocycles. The van der Waals surface area contributed by atoms with E-state index in [1.54, 1.807) is 12.1 Å². The van der Waals surface area contributed by atoms with E-state index in [9.17, 15) is 10.1 Å². The molecule has 1 fully saturated rings. The molecular formula is C11H13ClN2O2. The molecule has 2 rings (SSSR count). The lowest BCUT2D eigenvalue weighted by Crippen LogP contribution is -2.18. The number of nitrogens with zero attached hydrogens (tertiary/aromatic N) is 2. The van der Waals surface area contributed by atoms with Crippen LogP contribution in [0.25, 0.3) is 0 Å². The van der Waals surface area contributed by atoms with Gasteiger partial charge in [-0.25, -0.2) is 0 Å². The number of hydrogen-bond donors (Lipinski definition) is 0. The van der Waals surface area contributed by atoms with E-state index in [0.29, 0.717) is 5.88 Å². The topological polar surface area (TPSA) is 46.4 Å². The molecule has 0 N–H and O–H groups in total. The minimum absolute atomic E-state index is 0.167. The Labute approximate surface area is 99.0 Å². The molecule has 1 heterocycles. The van der Waals surface area contributed by atoms with Gasteiger partial charge in [0.2, 0.25) is 0 Å². The molecule has 4 nitrogen and oxygen atoms in total. The summed E-state index contributed by atoms with van der Waals surface area (Å²) in [6.45, 7) is 1.81. The van der Waals surface area contributed by atoms with Crippen LogP contribution in [0.3, 0.4) is 0 Å². The van der Waals surface area contributed by atoms with Gasteiger partial charge in [-0.1, -0.05) is 6.07 Å². The molecule has 1 aliphatic rings. The molecule has 0 radical (unpaired) electrons. The van der Waals surface area contributed by atoms with Crippen LogP contribution in [0.4, 0.5) is 11.4 Å². The van der Waals surface area contributed by atoms with Crippen molar-refractivity contribution in [3.8, 4) is 0 Å². The molecule has 0 atom stereocenters. The molecule has 0 unspecified atom stereocenters. The Morgan fingerprint density at radius 3 is 2.62 bits per heavy atom. The van der Waals surface area contributed by atoms with E-state index in [2.05, 4.69) is 4.90 Å². The molecule has 0 aliphatic carbocycles. The summed E-state index contributed by atoms with van der Waals surface area (Å²) in [4.78, 5) is 12.7. The molecule has 0 saturated carbocycles. The van der Waals surface area contributed by atoms with Crippen molar-refractivity contribution in [2.45, 2.75) is 18.7 Å². The van der Waals surface area contributed by atoms with Gasteiger partial charge in [-0.2, -0.15) is 0 Å². The number of benzene rings is 1. The van der Waals surface area contributed by atoms with Gasteiger partial charge < -0.3 is 4.90 Å². The maximum Gasteiger partial charge on any atom is 0.292 e. The molecule has 86 valence electrons. The smallest absolute Gasteiger partial charge is 0.292 e. The first-order valence-corrected chi connectivity index (χ1v) is 5.84. The van der Waals surface area contributed by atoms with Crippen molar-refractivity contribution in [3.05, 3.63) is 33.9 Å². The second kappa shape index (κ2) is 4.70. The number of nitro groups is 1. The maximum atomic E-state index is 11.0. The van der Waals surface area contributed by atoms with Gasteiger partial charge in [0.05, 0.1) is 4.92 Å². The fraction of sp³-hybridized carbons (Fsp3) is 0.455. The van der Waals surface area contributed by atoms with E-state index >= 15 is 0 Å². The van der Waals surface area contributed by atoms with Gasteiger partial charge in [0.25, 0.3) is 5.69 Å². The zero-order valence-corrected chi connectivity index (χ0v) is 9.61. The van der Waals surface area contributed by atoms with E-state index in [0.717, 1.165) is 37.2 Å². The highest BCUT2D eigenvalue weighted by Crippen LogP contribution is 2.31. The van der Waals surface area contributed by atoms with E-state index in [1.807, 2.05) is 6.07 Å². The summed E-state index contributed by atoms with van der Waals surface area (Å²) in [7, 11) is 0. The van der Waals surface area contributed by atoms with E-state index < -0.39 is 0 Å². The van der Waals surface area contributed by atoms with Crippen molar-refractivity contribution < 1.29 is 4.92 Å². The Morgan fingerprint density at radius 2 is 2.06 bits per heavy atom. The Bertz CT molecular complexity index is 403. The van der Waals surface area contributed by atoms with Crippen LogP contribution in [0, 0.1) is 10.1 Å². The number of anilines is 1. The van der Waals surface area contributed by atoms with Gasteiger partial charge in [0, 0.05) is 25.0 Å². The van der Waals surface area contributed by atoms with Crippen LogP contribution in [0.5, 0.6) is 0 Å². The highest BCUT2D eigenvalue weighted by Gasteiger charge is 2.22. The van der Waals surface area contributed by atoms with E-state index in [-0.39, 0.29) is 10.6 Å². The SMILES string of the molecule is O=[N+]([O-])c1cc(CCl)ccc1N1CCCC1. The van der Waals surface area contributed by atoms with Crippen LogP contribution in [-0.2, 0) is 5.88 Å². The first-order valence-electron chi connectivity index (χ1n) is 5.30. The van der Waals surface area contributed by atoms with Crippen LogP contribution >= 0.6 is 11.6 Å². The van der Waals surface area contributed by atoms with Gasteiger partial charge in [-0.15, -0.1) is 11.6 Å². The summed E-state index contributed by atoms with van der Waals surface area (Å²) >= 11 is 5.68. The molecule has 1 aromatic carbocycles. The third kappa shape index (κ3) is 2.11. The lowest BCUT2D eigenvalue weighted by atomic mass is 10.2. The lowest BCUT2D eigenvalue weighted by molar-refractivity contribution is -0.384. The van der Waals surface area contributed by atoms with Gasteiger partial charge in [-0.3, -0.25) is 10.1 Å². The van der Waals surface area contributed by atoms with Gasteiger partial charge in [-0.05, 0) is 24.5 Å². The predicted molar refractivity (Wildman–Crippen MR) is 64.1 cm³/mol. The molecule has 16 heavy (non-hydrogen) atoms. The molecule has 1 aromatic rings. The lowest BCUT2D eigenvalue weighted by Gasteiger charge is -2.17. The summed E-state index contributed by atoms with van der Waals surface area (Å²) < 4.78 is 0. The van der Waals surface area contributed by atoms with Crippen LogP contribution in [0.1, 0.15) is 18.4 Å².